The van der Waals surface area contributed by atoms with Gasteiger partial charge in [0.2, 0.25) is 5.91 Å². The van der Waals surface area contributed by atoms with Crippen molar-refractivity contribution < 1.29 is 23.1 Å². The summed E-state index contributed by atoms with van der Waals surface area (Å²) in [6.07, 6.45) is 2.18. The van der Waals surface area contributed by atoms with Gasteiger partial charge < -0.3 is 10.4 Å². The molecule has 0 aliphatic heterocycles. The minimum atomic E-state index is -3.42. The Kier molecular flexibility index (Phi) is 4.13. The maximum atomic E-state index is 11.5. The predicted octanol–water partition coefficient (Wildman–Crippen LogP) is -0.0653. The molecule has 1 aliphatic carbocycles. The summed E-state index contributed by atoms with van der Waals surface area (Å²) in [6, 6.07) is 0. The lowest BCUT2D eigenvalue weighted by molar-refractivity contribution is -0.147. The molecular formula is C10H17NO5S. The van der Waals surface area contributed by atoms with Gasteiger partial charge in [-0.15, -0.1) is 0 Å². The van der Waals surface area contributed by atoms with E-state index in [9.17, 15) is 18.0 Å². The number of carbonyl (C=O) groups excluding carboxylic acids is 1. The highest BCUT2D eigenvalue weighted by Gasteiger charge is 2.42. The van der Waals surface area contributed by atoms with Crippen molar-refractivity contribution in [3.63, 3.8) is 0 Å². The van der Waals surface area contributed by atoms with Gasteiger partial charge in [-0.3, -0.25) is 4.79 Å². The van der Waals surface area contributed by atoms with E-state index >= 15 is 0 Å². The van der Waals surface area contributed by atoms with Crippen molar-refractivity contribution in [1.82, 2.24) is 5.32 Å². The van der Waals surface area contributed by atoms with Crippen molar-refractivity contribution in [2.24, 2.45) is 0 Å². The molecule has 0 spiro atoms. The van der Waals surface area contributed by atoms with Gasteiger partial charge in [-0.2, -0.15) is 0 Å². The van der Waals surface area contributed by atoms with Crippen molar-refractivity contribution in [1.29, 1.82) is 0 Å². The Balaban J connectivity index is 2.70. The molecular weight excluding hydrogens is 246 g/mol. The van der Waals surface area contributed by atoms with Gasteiger partial charge in [0.1, 0.15) is 11.3 Å². The number of sulfone groups is 1. The lowest BCUT2D eigenvalue weighted by Crippen LogP contribution is -2.53. The average Bonchev–Trinajstić information content (AvgIpc) is 2.66. The van der Waals surface area contributed by atoms with Gasteiger partial charge in [0.25, 0.3) is 0 Å². The smallest absolute Gasteiger partial charge is 0.329 e. The predicted molar refractivity (Wildman–Crippen MR) is 61.3 cm³/mol. The molecule has 17 heavy (non-hydrogen) atoms. The van der Waals surface area contributed by atoms with E-state index in [0.29, 0.717) is 12.8 Å². The third-order valence-corrected chi connectivity index (χ3v) is 4.62. The van der Waals surface area contributed by atoms with Crippen LogP contribution in [0.15, 0.2) is 0 Å². The molecule has 0 saturated heterocycles. The Morgan fingerprint density at radius 2 is 1.82 bits per heavy atom. The molecule has 1 amide bonds. The number of nitrogens with one attached hydrogen (secondary N) is 1. The van der Waals surface area contributed by atoms with Gasteiger partial charge in [-0.1, -0.05) is 19.8 Å². The zero-order valence-corrected chi connectivity index (χ0v) is 10.5. The first-order chi connectivity index (χ1) is 7.81. The first kappa shape index (κ1) is 14.0. The Labute approximate surface area is 100 Å². The zero-order chi connectivity index (χ0) is 13.1. The normalized spacial score (nSPS) is 18.9. The van der Waals surface area contributed by atoms with Gasteiger partial charge in [-0.25, -0.2) is 13.2 Å². The standard InChI is InChI=1S/C10H17NO5S/c1-2-17(15,16)7-8(12)11-10(9(13)14)5-3-4-6-10/h2-7H2,1H3,(H,11,12)(H,13,14). The topological polar surface area (TPSA) is 101 Å². The summed E-state index contributed by atoms with van der Waals surface area (Å²) >= 11 is 0. The maximum absolute atomic E-state index is 11.5. The largest absolute Gasteiger partial charge is 0.480 e. The molecule has 6 nitrogen and oxygen atoms in total. The Hall–Kier alpha value is -1.11. The third-order valence-electron chi connectivity index (χ3n) is 3.04. The molecule has 1 fully saturated rings. The molecule has 0 aromatic rings. The van der Waals surface area contributed by atoms with Crippen LogP contribution in [-0.2, 0) is 19.4 Å². The van der Waals surface area contributed by atoms with Gasteiger partial charge in [0.05, 0.1) is 0 Å². The van der Waals surface area contributed by atoms with Crippen molar-refractivity contribution in [2.45, 2.75) is 38.1 Å². The zero-order valence-electron chi connectivity index (χ0n) is 9.73. The number of rotatable bonds is 5. The van der Waals surface area contributed by atoms with Gasteiger partial charge in [0.15, 0.2) is 9.84 Å². The van der Waals surface area contributed by atoms with Gasteiger partial charge in [0, 0.05) is 5.75 Å². The molecule has 0 unspecified atom stereocenters. The lowest BCUT2D eigenvalue weighted by atomic mass is 9.98. The molecule has 98 valence electrons. The fourth-order valence-corrected chi connectivity index (χ4v) is 2.65. The van der Waals surface area contributed by atoms with Crippen LogP contribution in [0.4, 0.5) is 0 Å². The van der Waals surface area contributed by atoms with E-state index in [1.807, 2.05) is 0 Å². The van der Waals surface area contributed by atoms with Crippen molar-refractivity contribution in [3.05, 3.63) is 0 Å². The second kappa shape index (κ2) is 5.03. The van der Waals surface area contributed by atoms with Crippen LogP contribution in [0.3, 0.4) is 0 Å². The number of carboxylic acids is 1. The number of amides is 1. The van der Waals surface area contributed by atoms with Crippen LogP contribution >= 0.6 is 0 Å². The molecule has 2 N–H and O–H groups in total. The lowest BCUT2D eigenvalue weighted by Gasteiger charge is -2.25. The first-order valence-corrected chi connectivity index (χ1v) is 7.38. The van der Waals surface area contributed by atoms with Gasteiger partial charge >= 0.3 is 5.97 Å². The minimum Gasteiger partial charge on any atom is -0.480 e. The minimum absolute atomic E-state index is 0.125. The summed E-state index contributed by atoms with van der Waals surface area (Å²) in [6.45, 7) is 1.45. The van der Waals surface area contributed by atoms with Crippen LogP contribution in [0, 0.1) is 0 Å². The van der Waals surface area contributed by atoms with E-state index in [2.05, 4.69) is 5.32 Å². The highest BCUT2D eigenvalue weighted by atomic mass is 32.2. The molecule has 1 rings (SSSR count). The first-order valence-electron chi connectivity index (χ1n) is 5.56. The summed E-state index contributed by atoms with van der Waals surface area (Å²) < 4.78 is 22.5. The van der Waals surface area contributed by atoms with Crippen LogP contribution in [-0.4, -0.2) is 42.4 Å². The van der Waals surface area contributed by atoms with Crippen molar-refractivity contribution >= 4 is 21.7 Å². The number of hydrogen-bond acceptors (Lipinski definition) is 4. The van der Waals surface area contributed by atoms with E-state index in [4.69, 9.17) is 5.11 Å². The van der Waals surface area contributed by atoms with E-state index in [0.717, 1.165) is 12.8 Å². The highest BCUT2D eigenvalue weighted by Crippen LogP contribution is 2.29. The average molecular weight is 263 g/mol. The Morgan fingerprint density at radius 1 is 1.29 bits per heavy atom. The second-order valence-electron chi connectivity index (χ2n) is 4.32. The number of carbonyl (C=O) groups is 2. The quantitative estimate of drug-likeness (QED) is 0.723. The van der Waals surface area contributed by atoms with Crippen LogP contribution in [0.2, 0.25) is 0 Å². The summed E-state index contributed by atoms with van der Waals surface area (Å²) in [7, 11) is -3.42. The summed E-state index contributed by atoms with van der Waals surface area (Å²) in [5, 5.41) is 11.5. The summed E-state index contributed by atoms with van der Waals surface area (Å²) in [5.74, 6) is -2.58. The van der Waals surface area contributed by atoms with Crippen LogP contribution in [0.1, 0.15) is 32.6 Å². The number of carboxylic acid groups (broad SMARTS) is 1. The van der Waals surface area contributed by atoms with Crippen LogP contribution < -0.4 is 5.32 Å². The SMILES string of the molecule is CCS(=O)(=O)CC(=O)NC1(C(=O)O)CCCC1. The summed E-state index contributed by atoms with van der Waals surface area (Å²) in [4.78, 5) is 22.7. The highest BCUT2D eigenvalue weighted by molar-refractivity contribution is 7.92. The van der Waals surface area contributed by atoms with Crippen LogP contribution in [0.5, 0.6) is 0 Å². The second-order valence-corrected chi connectivity index (χ2v) is 6.67. The van der Waals surface area contributed by atoms with E-state index < -0.39 is 33.0 Å². The fraction of sp³-hybridized carbons (Fsp3) is 0.800. The molecule has 1 aliphatic rings. The molecule has 0 heterocycles. The number of aliphatic carboxylic acids is 1. The molecule has 0 bridgehead atoms. The van der Waals surface area contributed by atoms with Crippen LogP contribution in [0.25, 0.3) is 0 Å². The molecule has 0 radical (unpaired) electrons. The monoisotopic (exact) mass is 263 g/mol. The molecule has 0 aromatic heterocycles. The van der Waals surface area contributed by atoms with E-state index in [1.165, 1.54) is 6.92 Å². The molecule has 0 aromatic carbocycles. The summed E-state index contributed by atoms with van der Waals surface area (Å²) in [5.41, 5.74) is -1.26. The molecule has 1 saturated carbocycles. The fourth-order valence-electron chi connectivity index (χ4n) is 1.98. The Morgan fingerprint density at radius 3 is 2.24 bits per heavy atom. The number of hydrogen-bond donors (Lipinski definition) is 2. The molecule has 7 heteroatoms. The van der Waals surface area contributed by atoms with Gasteiger partial charge in [-0.05, 0) is 12.8 Å². The Bertz CT molecular complexity index is 408. The van der Waals surface area contributed by atoms with E-state index in [1.54, 1.807) is 0 Å². The van der Waals surface area contributed by atoms with Crippen molar-refractivity contribution in [3.8, 4) is 0 Å². The van der Waals surface area contributed by atoms with E-state index in [-0.39, 0.29) is 5.75 Å². The third kappa shape index (κ3) is 3.42. The molecule has 0 atom stereocenters. The maximum Gasteiger partial charge on any atom is 0.329 e. The van der Waals surface area contributed by atoms with Crippen molar-refractivity contribution in [2.75, 3.05) is 11.5 Å².